The van der Waals surface area contributed by atoms with Gasteiger partial charge in [-0.05, 0) is 143 Å². The van der Waals surface area contributed by atoms with E-state index in [1.807, 2.05) is 0 Å². The molecule has 47 heavy (non-hydrogen) atoms. The molecule has 4 aliphatic carbocycles. The molecule has 1 heteroatoms. The van der Waals surface area contributed by atoms with Crippen LogP contribution in [-0.4, -0.2) is 0 Å². The van der Waals surface area contributed by atoms with Gasteiger partial charge in [0.25, 0.3) is 0 Å². The summed E-state index contributed by atoms with van der Waals surface area (Å²) in [6, 6.07) is 44.4. The van der Waals surface area contributed by atoms with Crippen LogP contribution in [0, 0.1) is 5.92 Å². The van der Waals surface area contributed by atoms with E-state index in [9.17, 15) is 0 Å². The van der Waals surface area contributed by atoms with E-state index in [0.717, 1.165) is 5.92 Å². The van der Waals surface area contributed by atoms with E-state index in [1.54, 1.807) is 5.56 Å². The number of fused-ring (bicyclic) bond motifs is 5. The van der Waals surface area contributed by atoms with Gasteiger partial charge in [-0.3, -0.25) is 0 Å². The molecule has 0 amide bonds. The van der Waals surface area contributed by atoms with Gasteiger partial charge in [0.1, 0.15) is 0 Å². The van der Waals surface area contributed by atoms with E-state index in [4.69, 9.17) is 0 Å². The van der Waals surface area contributed by atoms with E-state index < -0.39 is 0 Å². The monoisotopic (exact) mass is 613 g/mol. The van der Waals surface area contributed by atoms with Gasteiger partial charge in [-0.1, -0.05) is 112 Å². The highest BCUT2D eigenvalue weighted by Crippen LogP contribution is 2.56. The lowest BCUT2D eigenvalue weighted by Crippen LogP contribution is -2.20. The zero-order valence-corrected chi connectivity index (χ0v) is 28.1. The second-order valence-corrected chi connectivity index (χ2v) is 15.7. The molecule has 0 N–H and O–H groups in total. The zero-order chi connectivity index (χ0) is 31.6. The molecule has 0 aliphatic heterocycles. The summed E-state index contributed by atoms with van der Waals surface area (Å²) >= 11 is 0. The first-order valence-corrected chi connectivity index (χ1v) is 18.3. The standard InChI is InChI=1S/C46H47N/c1-45(2)42-15-9-14-40(35-12-7-4-8-13-35)44(42)41-25-24-39(30-43(41)45)47(37-20-16-34(17-21-37)33-10-5-3-6-11-33)38-22-18-36(19-23-38)46-28-26-32(31-46)27-29-46/h4,7-9,12-25,30,32-33H,3,5-6,10-11,26-29,31H2,1-2H3. The molecule has 1 nitrogen and oxygen atoms in total. The summed E-state index contributed by atoms with van der Waals surface area (Å²) in [4.78, 5) is 2.51. The lowest BCUT2D eigenvalue weighted by atomic mass is 9.78. The highest BCUT2D eigenvalue weighted by Gasteiger charge is 2.45. The summed E-state index contributed by atoms with van der Waals surface area (Å²) in [7, 11) is 0. The predicted octanol–water partition coefficient (Wildman–Crippen LogP) is 13.0. The fourth-order valence-electron chi connectivity index (χ4n) is 10.1. The molecule has 0 spiro atoms. The Labute approximate surface area is 281 Å². The smallest absolute Gasteiger partial charge is 0.0465 e. The van der Waals surface area contributed by atoms with Gasteiger partial charge in [0.2, 0.25) is 0 Å². The molecule has 5 aromatic rings. The molecule has 236 valence electrons. The molecular weight excluding hydrogens is 567 g/mol. The van der Waals surface area contributed by atoms with Crippen LogP contribution in [0.3, 0.4) is 0 Å². The van der Waals surface area contributed by atoms with Crippen molar-refractivity contribution in [2.45, 2.75) is 94.8 Å². The van der Waals surface area contributed by atoms with Crippen molar-refractivity contribution in [1.29, 1.82) is 0 Å². The molecule has 0 heterocycles. The van der Waals surface area contributed by atoms with Crippen LogP contribution in [0.4, 0.5) is 17.1 Å². The fraction of sp³-hybridized carbons (Fsp3) is 0.348. The minimum atomic E-state index is -0.0908. The number of benzene rings is 5. The maximum absolute atomic E-state index is 2.51. The summed E-state index contributed by atoms with van der Waals surface area (Å²) in [5.41, 5.74) is 15.4. The molecule has 9 rings (SSSR count). The average molecular weight is 614 g/mol. The molecule has 5 aromatic carbocycles. The first-order chi connectivity index (χ1) is 23.0. The summed E-state index contributed by atoms with van der Waals surface area (Å²) in [6.45, 7) is 4.81. The minimum Gasteiger partial charge on any atom is -0.310 e. The van der Waals surface area contributed by atoms with Gasteiger partial charge in [-0.2, -0.15) is 0 Å². The van der Waals surface area contributed by atoms with Crippen LogP contribution in [0.1, 0.15) is 106 Å². The Hall–Kier alpha value is -4.10. The van der Waals surface area contributed by atoms with Crippen LogP contribution in [0.5, 0.6) is 0 Å². The molecule has 0 aromatic heterocycles. The van der Waals surface area contributed by atoms with Crippen molar-refractivity contribution in [2.75, 3.05) is 4.90 Å². The number of hydrogen-bond donors (Lipinski definition) is 0. The molecule has 3 fully saturated rings. The van der Waals surface area contributed by atoms with Crippen LogP contribution < -0.4 is 4.90 Å². The second kappa shape index (κ2) is 11.3. The van der Waals surface area contributed by atoms with Gasteiger partial charge in [-0.15, -0.1) is 0 Å². The summed E-state index contributed by atoms with van der Waals surface area (Å²) in [6.07, 6.45) is 13.8. The van der Waals surface area contributed by atoms with Gasteiger partial charge >= 0.3 is 0 Å². The van der Waals surface area contributed by atoms with Crippen molar-refractivity contribution in [3.8, 4) is 22.3 Å². The van der Waals surface area contributed by atoms with Crippen LogP contribution in [-0.2, 0) is 10.8 Å². The summed E-state index contributed by atoms with van der Waals surface area (Å²) in [5.74, 6) is 1.67. The van der Waals surface area contributed by atoms with Gasteiger partial charge in [-0.25, -0.2) is 0 Å². The van der Waals surface area contributed by atoms with Crippen molar-refractivity contribution in [3.63, 3.8) is 0 Å². The number of nitrogens with zero attached hydrogens (tertiary/aromatic N) is 1. The molecule has 3 saturated carbocycles. The summed E-state index contributed by atoms with van der Waals surface area (Å²) < 4.78 is 0. The van der Waals surface area contributed by atoms with Crippen LogP contribution in [0.2, 0.25) is 0 Å². The quantitative estimate of drug-likeness (QED) is 0.184. The average Bonchev–Trinajstić information content (AvgIpc) is 3.81. The molecule has 2 bridgehead atoms. The second-order valence-electron chi connectivity index (χ2n) is 15.7. The van der Waals surface area contributed by atoms with Crippen molar-refractivity contribution < 1.29 is 0 Å². The maximum atomic E-state index is 2.51. The van der Waals surface area contributed by atoms with E-state index in [1.165, 1.54) is 120 Å². The van der Waals surface area contributed by atoms with Crippen LogP contribution in [0.15, 0.2) is 115 Å². The van der Waals surface area contributed by atoms with Crippen LogP contribution >= 0.6 is 0 Å². The third kappa shape index (κ3) is 4.80. The lowest BCUT2D eigenvalue weighted by Gasteiger charge is -2.30. The topological polar surface area (TPSA) is 3.24 Å². The van der Waals surface area contributed by atoms with E-state index in [0.29, 0.717) is 11.3 Å². The maximum Gasteiger partial charge on any atom is 0.0465 e. The molecule has 0 atom stereocenters. The molecule has 0 unspecified atom stereocenters. The Morgan fingerprint density at radius 2 is 1.26 bits per heavy atom. The Bertz CT molecular complexity index is 1900. The SMILES string of the molecule is CC1(C)c2cc(N(c3ccc(C4CCCCC4)cc3)c3ccc(C45CCC(CC4)C5)cc3)ccc2-c2c(-c3ccccc3)cccc21. The molecule has 0 saturated heterocycles. The van der Waals surface area contributed by atoms with E-state index in [-0.39, 0.29) is 5.41 Å². The summed E-state index contributed by atoms with van der Waals surface area (Å²) in [5, 5.41) is 0. The Morgan fingerprint density at radius 3 is 1.94 bits per heavy atom. The van der Waals surface area contributed by atoms with Gasteiger partial charge in [0.15, 0.2) is 0 Å². The molecular formula is C46H47N. The Morgan fingerprint density at radius 1 is 0.574 bits per heavy atom. The van der Waals surface area contributed by atoms with Crippen LogP contribution in [0.25, 0.3) is 22.3 Å². The fourth-order valence-corrected chi connectivity index (χ4v) is 10.1. The van der Waals surface area contributed by atoms with E-state index >= 15 is 0 Å². The highest BCUT2D eigenvalue weighted by molar-refractivity contribution is 5.94. The normalized spacial score (nSPS) is 22.6. The zero-order valence-electron chi connectivity index (χ0n) is 28.1. The van der Waals surface area contributed by atoms with Crippen molar-refractivity contribution in [2.24, 2.45) is 5.92 Å². The first kappa shape index (κ1) is 29.1. The van der Waals surface area contributed by atoms with Gasteiger partial charge < -0.3 is 4.90 Å². The number of hydrogen-bond acceptors (Lipinski definition) is 1. The minimum absolute atomic E-state index is 0.0908. The lowest BCUT2D eigenvalue weighted by molar-refractivity contribution is 0.419. The Kier molecular flexibility index (Phi) is 6.96. The molecule has 0 radical (unpaired) electrons. The number of anilines is 3. The predicted molar refractivity (Wildman–Crippen MR) is 198 cm³/mol. The third-order valence-corrected chi connectivity index (χ3v) is 12.7. The van der Waals surface area contributed by atoms with E-state index in [2.05, 4.69) is 134 Å². The van der Waals surface area contributed by atoms with Crippen molar-refractivity contribution >= 4 is 17.1 Å². The number of rotatable bonds is 6. The van der Waals surface area contributed by atoms with Gasteiger partial charge in [0, 0.05) is 22.5 Å². The van der Waals surface area contributed by atoms with Crippen molar-refractivity contribution in [1.82, 2.24) is 0 Å². The third-order valence-electron chi connectivity index (χ3n) is 12.7. The first-order valence-electron chi connectivity index (χ1n) is 18.3. The highest BCUT2D eigenvalue weighted by atomic mass is 15.1. The van der Waals surface area contributed by atoms with Gasteiger partial charge in [0.05, 0.1) is 0 Å². The van der Waals surface area contributed by atoms with Crippen molar-refractivity contribution in [3.05, 3.63) is 138 Å². The molecule has 4 aliphatic rings. The largest absolute Gasteiger partial charge is 0.310 e. The Balaban J connectivity index is 1.14.